The second-order valence-corrected chi connectivity index (χ2v) is 5.35. The zero-order valence-electron chi connectivity index (χ0n) is 10.1. The van der Waals surface area contributed by atoms with E-state index in [-0.39, 0.29) is 11.7 Å². The fourth-order valence-electron chi connectivity index (χ4n) is 3.19. The van der Waals surface area contributed by atoms with Gasteiger partial charge in [0.05, 0.1) is 18.2 Å². The van der Waals surface area contributed by atoms with Crippen LogP contribution in [0.15, 0.2) is 6.33 Å². The van der Waals surface area contributed by atoms with Crippen LogP contribution in [0.25, 0.3) is 0 Å². The first-order valence-corrected chi connectivity index (χ1v) is 6.59. The predicted octanol–water partition coefficient (Wildman–Crippen LogP) is 1.74. The molecular weight excluding hydrogens is 216 g/mol. The summed E-state index contributed by atoms with van der Waals surface area (Å²) in [5.74, 6) is 0.343. The summed E-state index contributed by atoms with van der Waals surface area (Å²) >= 11 is 0. The average Bonchev–Trinajstić information content (AvgIpc) is 2.89. The number of nitrogen functional groups attached to an aromatic ring is 1. The molecule has 2 heterocycles. The molecule has 2 N–H and O–H groups in total. The monoisotopic (exact) mass is 236 g/mol. The van der Waals surface area contributed by atoms with Gasteiger partial charge in [-0.3, -0.25) is 0 Å². The standard InChI is InChI=1S/C12H20N4O/c13-11-14-9-16(15-11)8-10-4-7-12(17-10)5-2-1-3-6-12/h9-10H,1-8H2,(H2,13,15). The molecule has 1 aromatic heterocycles. The van der Waals surface area contributed by atoms with Crippen molar-refractivity contribution in [1.29, 1.82) is 0 Å². The molecule has 1 aliphatic carbocycles. The molecule has 3 rings (SSSR count). The largest absolute Gasteiger partial charge is 0.370 e. The van der Waals surface area contributed by atoms with Gasteiger partial charge < -0.3 is 10.5 Å². The maximum absolute atomic E-state index is 6.27. The van der Waals surface area contributed by atoms with E-state index in [1.165, 1.54) is 38.5 Å². The van der Waals surface area contributed by atoms with Crippen LogP contribution in [0.4, 0.5) is 5.95 Å². The topological polar surface area (TPSA) is 66.0 Å². The summed E-state index contributed by atoms with van der Waals surface area (Å²) in [5, 5.41) is 4.11. The first kappa shape index (κ1) is 11.0. The van der Waals surface area contributed by atoms with E-state index >= 15 is 0 Å². The van der Waals surface area contributed by atoms with Crippen molar-refractivity contribution in [2.45, 2.75) is 63.2 Å². The Morgan fingerprint density at radius 2 is 2.18 bits per heavy atom. The van der Waals surface area contributed by atoms with Crippen molar-refractivity contribution in [1.82, 2.24) is 14.8 Å². The normalized spacial score (nSPS) is 27.6. The molecule has 0 amide bonds. The minimum atomic E-state index is 0.190. The number of ether oxygens (including phenoxy) is 1. The van der Waals surface area contributed by atoms with Crippen LogP contribution in [0.3, 0.4) is 0 Å². The average molecular weight is 236 g/mol. The van der Waals surface area contributed by atoms with E-state index in [9.17, 15) is 0 Å². The maximum Gasteiger partial charge on any atom is 0.239 e. The zero-order valence-corrected chi connectivity index (χ0v) is 10.1. The summed E-state index contributed by atoms with van der Waals surface area (Å²) in [6.45, 7) is 0.784. The number of nitrogens with two attached hydrogens (primary N) is 1. The second kappa shape index (κ2) is 4.29. The highest BCUT2D eigenvalue weighted by atomic mass is 16.5. The lowest BCUT2D eigenvalue weighted by molar-refractivity contribution is -0.0688. The summed E-state index contributed by atoms with van der Waals surface area (Å²) in [6, 6.07) is 0. The number of nitrogens with zero attached hydrogens (tertiary/aromatic N) is 3. The Labute approximate surface area is 101 Å². The highest BCUT2D eigenvalue weighted by Crippen LogP contribution is 2.42. The van der Waals surface area contributed by atoms with Crippen molar-refractivity contribution in [3.8, 4) is 0 Å². The Kier molecular flexibility index (Phi) is 2.78. The van der Waals surface area contributed by atoms with Crippen LogP contribution in [-0.2, 0) is 11.3 Å². The summed E-state index contributed by atoms with van der Waals surface area (Å²) in [7, 11) is 0. The number of hydrogen-bond acceptors (Lipinski definition) is 4. The van der Waals surface area contributed by atoms with Gasteiger partial charge >= 0.3 is 0 Å². The van der Waals surface area contributed by atoms with Gasteiger partial charge in [0.1, 0.15) is 6.33 Å². The summed E-state index contributed by atoms with van der Waals surface area (Å²) in [5.41, 5.74) is 5.69. The molecule has 1 spiro atoms. The SMILES string of the molecule is Nc1ncn(CC2CCC3(CCCCC3)O2)n1. The molecule has 0 bridgehead atoms. The number of hydrogen-bond donors (Lipinski definition) is 1. The van der Waals surface area contributed by atoms with Gasteiger partial charge in [0.15, 0.2) is 0 Å². The minimum absolute atomic E-state index is 0.190. The van der Waals surface area contributed by atoms with Gasteiger partial charge in [-0.25, -0.2) is 9.67 Å². The molecule has 2 fully saturated rings. The van der Waals surface area contributed by atoms with Gasteiger partial charge in [-0.05, 0) is 25.7 Å². The lowest BCUT2D eigenvalue weighted by Crippen LogP contribution is -2.32. The third-order valence-electron chi connectivity index (χ3n) is 4.05. The van der Waals surface area contributed by atoms with E-state index in [2.05, 4.69) is 10.1 Å². The summed E-state index contributed by atoms with van der Waals surface area (Å²) in [4.78, 5) is 3.94. The minimum Gasteiger partial charge on any atom is -0.370 e. The third kappa shape index (κ3) is 2.29. The highest BCUT2D eigenvalue weighted by Gasteiger charge is 2.40. The summed E-state index contributed by atoms with van der Waals surface area (Å²) < 4.78 is 8.07. The van der Waals surface area contributed by atoms with Crippen LogP contribution < -0.4 is 5.73 Å². The van der Waals surface area contributed by atoms with Crippen LogP contribution in [-0.4, -0.2) is 26.5 Å². The quantitative estimate of drug-likeness (QED) is 0.849. The molecule has 1 atom stereocenters. The van der Waals surface area contributed by atoms with Crippen LogP contribution in [0.2, 0.25) is 0 Å². The maximum atomic E-state index is 6.27. The molecular formula is C12H20N4O. The molecule has 1 saturated carbocycles. The van der Waals surface area contributed by atoms with E-state index in [0.29, 0.717) is 5.95 Å². The van der Waals surface area contributed by atoms with Gasteiger partial charge in [0.2, 0.25) is 5.95 Å². The second-order valence-electron chi connectivity index (χ2n) is 5.35. The molecule has 1 unspecified atom stereocenters. The van der Waals surface area contributed by atoms with Gasteiger partial charge in [0.25, 0.3) is 0 Å². The fourth-order valence-corrected chi connectivity index (χ4v) is 3.19. The Morgan fingerprint density at radius 1 is 1.35 bits per heavy atom. The molecule has 1 aliphatic heterocycles. The van der Waals surface area contributed by atoms with E-state index in [1.807, 2.05) is 0 Å². The molecule has 17 heavy (non-hydrogen) atoms. The summed E-state index contributed by atoms with van der Waals surface area (Å²) in [6.07, 6.45) is 10.8. The Balaban J connectivity index is 1.60. The van der Waals surface area contributed by atoms with Crippen LogP contribution in [0.5, 0.6) is 0 Å². The molecule has 5 heteroatoms. The number of aromatic nitrogens is 3. The molecule has 2 aliphatic rings. The van der Waals surface area contributed by atoms with E-state index in [0.717, 1.165) is 13.0 Å². The molecule has 1 aromatic rings. The molecule has 0 aromatic carbocycles. The van der Waals surface area contributed by atoms with Gasteiger partial charge in [0, 0.05) is 0 Å². The molecule has 5 nitrogen and oxygen atoms in total. The van der Waals surface area contributed by atoms with E-state index in [1.54, 1.807) is 11.0 Å². The van der Waals surface area contributed by atoms with Crippen molar-refractivity contribution < 1.29 is 4.74 Å². The smallest absolute Gasteiger partial charge is 0.239 e. The van der Waals surface area contributed by atoms with Gasteiger partial charge in [-0.15, -0.1) is 5.10 Å². The van der Waals surface area contributed by atoms with Crippen molar-refractivity contribution in [2.75, 3.05) is 5.73 Å². The number of anilines is 1. The van der Waals surface area contributed by atoms with Crippen molar-refractivity contribution in [3.63, 3.8) is 0 Å². The van der Waals surface area contributed by atoms with Crippen LogP contribution >= 0.6 is 0 Å². The van der Waals surface area contributed by atoms with Crippen molar-refractivity contribution in [3.05, 3.63) is 6.33 Å². The number of rotatable bonds is 2. The third-order valence-corrected chi connectivity index (χ3v) is 4.05. The van der Waals surface area contributed by atoms with Crippen LogP contribution in [0.1, 0.15) is 44.9 Å². The Hall–Kier alpha value is -1.10. The lowest BCUT2D eigenvalue weighted by Gasteiger charge is -2.33. The first-order valence-electron chi connectivity index (χ1n) is 6.59. The zero-order chi connectivity index (χ0) is 11.7. The van der Waals surface area contributed by atoms with Crippen molar-refractivity contribution >= 4 is 5.95 Å². The Morgan fingerprint density at radius 3 is 2.88 bits per heavy atom. The molecule has 0 radical (unpaired) electrons. The van der Waals surface area contributed by atoms with Crippen molar-refractivity contribution in [2.24, 2.45) is 0 Å². The first-order chi connectivity index (χ1) is 8.26. The highest BCUT2D eigenvalue weighted by molar-refractivity contribution is 5.09. The van der Waals surface area contributed by atoms with Crippen LogP contribution in [0, 0.1) is 0 Å². The van der Waals surface area contributed by atoms with E-state index < -0.39 is 0 Å². The van der Waals surface area contributed by atoms with Gasteiger partial charge in [-0.1, -0.05) is 19.3 Å². The fraction of sp³-hybridized carbons (Fsp3) is 0.833. The molecule has 1 saturated heterocycles. The van der Waals surface area contributed by atoms with E-state index in [4.69, 9.17) is 10.5 Å². The predicted molar refractivity (Wildman–Crippen MR) is 64.4 cm³/mol. The van der Waals surface area contributed by atoms with Gasteiger partial charge in [-0.2, -0.15) is 0 Å². The molecule has 94 valence electrons. The lowest BCUT2D eigenvalue weighted by atomic mass is 9.83. The Bertz CT molecular complexity index is 384.